The van der Waals surface area contributed by atoms with Gasteiger partial charge in [-0.15, -0.1) is 0 Å². The molecule has 0 radical (unpaired) electrons. The molecule has 0 fully saturated rings. The Hall–Kier alpha value is -1.85. The summed E-state index contributed by atoms with van der Waals surface area (Å²) in [4.78, 5) is 15.2. The zero-order valence-electron chi connectivity index (χ0n) is 10.2. The molecular weight excluding hydrogens is 259 g/mol. The van der Waals surface area contributed by atoms with E-state index in [1.807, 2.05) is 0 Å². The minimum Gasteiger partial charge on any atom is -0.479 e. The van der Waals surface area contributed by atoms with E-state index in [0.29, 0.717) is 6.07 Å². The highest BCUT2D eigenvalue weighted by atomic mass is 19.2. The molecule has 1 aromatic carbocycles. The number of carboxylic acid groups (broad SMARTS) is 1. The Bertz CT molecular complexity index is 571. The van der Waals surface area contributed by atoms with Gasteiger partial charge in [0.2, 0.25) is 0 Å². The van der Waals surface area contributed by atoms with Crippen molar-refractivity contribution in [1.82, 2.24) is 0 Å². The summed E-state index contributed by atoms with van der Waals surface area (Å²) >= 11 is 0. The van der Waals surface area contributed by atoms with Gasteiger partial charge in [0.1, 0.15) is 5.82 Å². The van der Waals surface area contributed by atoms with Gasteiger partial charge in [-0.3, -0.25) is 4.99 Å². The van der Waals surface area contributed by atoms with Crippen LogP contribution in [0.15, 0.2) is 17.1 Å². The number of nitrogens with zero attached hydrogens (tertiary/aromatic N) is 1. The van der Waals surface area contributed by atoms with Crippen molar-refractivity contribution in [3.8, 4) is 0 Å². The molecule has 0 saturated heterocycles. The molecule has 0 unspecified atom stereocenters. The molecule has 1 aliphatic rings. The zero-order valence-corrected chi connectivity index (χ0v) is 10.2. The van der Waals surface area contributed by atoms with Gasteiger partial charge in [-0.2, -0.15) is 0 Å². The minimum absolute atomic E-state index is 0.167. The molecule has 1 aliphatic heterocycles. The van der Waals surface area contributed by atoms with Crippen molar-refractivity contribution in [2.75, 3.05) is 0 Å². The quantitative estimate of drug-likeness (QED) is 0.859. The standard InChI is InChI=1S/C13H12F3NO2/c1-2-13(12(18)19)4-3-11(17-13)7-5-9(15)10(16)6-8(7)14/h5-6H,2-4H2,1H3,(H,18,19)/t13-/m1/s1. The van der Waals surface area contributed by atoms with Crippen LogP contribution in [-0.4, -0.2) is 22.3 Å². The molecule has 1 aromatic rings. The Balaban J connectivity index is 2.47. The monoisotopic (exact) mass is 271 g/mol. The van der Waals surface area contributed by atoms with E-state index in [1.165, 1.54) is 0 Å². The maximum Gasteiger partial charge on any atom is 0.331 e. The van der Waals surface area contributed by atoms with Crippen LogP contribution < -0.4 is 0 Å². The van der Waals surface area contributed by atoms with Crippen LogP contribution >= 0.6 is 0 Å². The number of carboxylic acids is 1. The van der Waals surface area contributed by atoms with Gasteiger partial charge in [-0.25, -0.2) is 18.0 Å². The molecule has 0 aliphatic carbocycles. The van der Waals surface area contributed by atoms with Crippen LogP contribution in [0.2, 0.25) is 0 Å². The molecule has 1 N–H and O–H groups in total. The van der Waals surface area contributed by atoms with Gasteiger partial charge < -0.3 is 5.11 Å². The zero-order chi connectivity index (χ0) is 14.2. The van der Waals surface area contributed by atoms with Gasteiger partial charge in [-0.1, -0.05) is 6.92 Å². The first-order chi connectivity index (χ1) is 8.89. The first-order valence-corrected chi connectivity index (χ1v) is 5.86. The molecule has 1 heterocycles. The molecule has 6 heteroatoms. The predicted molar refractivity (Wildman–Crippen MR) is 62.7 cm³/mol. The topological polar surface area (TPSA) is 49.7 Å². The van der Waals surface area contributed by atoms with Crippen molar-refractivity contribution in [1.29, 1.82) is 0 Å². The lowest BCUT2D eigenvalue weighted by atomic mass is 9.93. The number of hydrogen-bond donors (Lipinski definition) is 1. The van der Waals surface area contributed by atoms with E-state index in [-0.39, 0.29) is 30.5 Å². The highest BCUT2D eigenvalue weighted by Gasteiger charge is 2.41. The molecule has 102 valence electrons. The Morgan fingerprint density at radius 1 is 1.32 bits per heavy atom. The number of halogens is 3. The lowest BCUT2D eigenvalue weighted by Gasteiger charge is -2.17. The largest absolute Gasteiger partial charge is 0.479 e. The van der Waals surface area contributed by atoms with E-state index < -0.39 is 29.0 Å². The predicted octanol–water partition coefficient (Wildman–Crippen LogP) is 2.92. The molecular formula is C13H12F3NO2. The lowest BCUT2D eigenvalue weighted by molar-refractivity contribution is -0.143. The number of benzene rings is 1. The normalized spacial score (nSPS) is 22.4. The van der Waals surface area contributed by atoms with Crippen LogP contribution in [0.1, 0.15) is 31.7 Å². The Morgan fingerprint density at radius 2 is 1.95 bits per heavy atom. The number of rotatable bonds is 3. The molecule has 19 heavy (non-hydrogen) atoms. The van der Waals surface area contributed by atoms with E-state index in [1.54, 1.807) is 6.92 Å². The van der Waals surface area contributed by atoms with Crippen molar-refractivity contribution in [3.05, 3.63) is 35.1 Å². The number of hydrogen-bond acceptors (Lipinski definition) is 2. The summed E-state index contributed by atoms with van der Waals surface area (Å²) in [5.41, 5.74) is -1.29. The summed E-state index contributed by atoms with van der Waals surface area (Å²) in [5, 5.41) is 9.16. The molecule has 3 nitrogen and oxygen atoms in total. The second-order valence-corrected chi connectivity index (χ2v) is 4.49. The van der Waals surface area contributed by atoms with Gasteiger partial charge >= 0.3 is 5.97 Å². The van der Waals surface area contributed by atoms with Crippen molar-refractivity contribution in [3.63, 3.8) is 0 Å². The third-order valence-corrected chi connectivity index (χ3v) is 3.43. The molecule has 0 amide bonds. The SMILES string of the molecule is CC[C@]1(C(=O)O)CCC(c2cc(F)c(F)cc2F)=N1. The maximum atomic E-state index is 13.6. The number of aliphatic imine (C=N–C) groups is 1. The lowest BCUT2D eigenvalue weighted by Crippen LogP contribution is -2.33. The van der Waals surface area contributed by atoms with Gasteiger partial charge in [0.25, 0.3) is 0 Å². The summed E-state index contributed by atoms with van der Waals surface area (Å²) in [6, 6.07) is 1.16. The van der Waals surface area contributed by atoms with Crippen LogP contribution in [-0.2, 0) is 4.79 Å². The highest BCUT2D eigenvalue weighted by Crippen LogP contribution is 2.32. The van der Waals surface area contributed by atoms with Crippen molar-refractivity contribution >= 4 is 11.7 Å². The van der Waals surface area contributed by atoms with E-state index in [9.17, 15) is 18.0 Å². The van der Waals surface area contributed by atoms with Crippen LogP contribution in [0.3, 0.4) is 0 Å². The van der Waals surface area contributed by atoms with Crippen LogP contribution in [0.5, 0.6) is 0 Å². The molecule has 1 atom stereocenters. The van der Waals surface area contributed by atoms with Crippen molar-refractivity contribution in [2.24, 2.45) is 4.99 Å². The second-order valence-electron chi connectivity index (χ2n) is 4.49. The van der Waals surface area contributed by atoms with E-state index in [2.05, 4.69) is 4.99 Å². The van der Waals surface area contributed by atoms with Crippen LogP contribution in [0.4, 0.5) is 13.2 Å². The average Bonchev–Trinajstić information content (AvgIpc) is 2.79. The maximum absolute atomic E-state index is 13.6. The van der Waals surface area contributed by atoms with Gasteiger partial charge in [0.15, 0.2) is 17.2 Å². The van der Waals surface area contributed by atoms with E-state index in [0.717, 1.165) is 6.07 Å². The highest BCUT2D eigenvalue weighted by molar-refractivity contribution is 6.04. The summed E-state index contributed by atoms with van der Waals surface area (Å²) in [7, 11) is 0. The Labute approximate surface area is 107 Å². The van der Waals surface area contributed by atoms with E-state index in [4.69, 9.17) is 5.11 Å². The van der Waals surface area contributed by atoms with Crippen LogP contribution in [0, 0.1) is 17.5 Å². The first-order valence-electron chi connectivity index (χ1n) is 5.86. The van der Waals surface area contributed by atoms with Gasteiger partial charge in [-0.05, 0) is 25.3 Å². The second kappa shape index (κ2) is 4.68. The summed E-state index contributed by atoms with van der Waals surface area (Å²) in [6.45, 7) is 1.67. The fraction of sp³-hybridized carbons (Fsp3) is 0.385. The molecule has 2 rings (SSSR count). The van der Waals surface area contributed by atoms with Gasteiger partial charge in [0, 0.05) is 17.3 Å². The number of carbonyl (C=O) groups is 1. The summed E-state index contributed by atoms with van der Waals surface area (Å²) in [5.74, 6) is -4.48. The molecule has 0 spiro atoms. The summed E-state index contributed by atoms with van der Waals surface area (Å²) < 4.78 is 39.6. The smallest absolute Gasteiger partial charge is 0.331 e. The fourth-order valence-electron chi connectivity index (χ4n) is 2.20. The third kappa shape index (κ3) is 2.22. The van der Waals surface area contributed by atoms with E-state index >= 15 is 0 Å². The Kier molecular flexibility index (Phi) is 3.34. The van der Waals surface area contributed by atoms with Gasteiger partial charge in [0.05, 0.1) is 0 Å². The molecule has 0 bridgehead atoms. The first kappa shape index (κ1) is 13.6. The van der Waals surface area contributed by atoms with Crippen LogP contribution in [0.25, 0.3) is 0 Å². The fourth-order valence-corrected chi connectivity index (χ4v) is 2.20. The minimum atomic E-state index is -1.29. The average molecular weight is 271 g/mol. The molecule has 0 aromatic heterocycles. The van der Waals surface area contributed by atoms with Crippen molar-refractivity contribution in [2.45, 2.75) is 31.7 Å². The van der Waals surface area contributed by atoms with Crippen molar-refractivity contribution < 1.29 is 23.1 Å². The molecule has 0 saturated carbocycles. The summed E-state index contributed by atoms with van der Waals surface area (Å²) in [6.07, 6.45) is 0.714. The Morgan fingerprint density at radius 3 is 2.47 bits per heavy atom. The third-order valence-electron chi connectivity index (χ3n) is 3.43. The number of aliphatic carboxylic acids is 1.